The first-order chi connectivity index (χ1) is 7.24. The number of rotatable bonds is 2. The van der Waals surface area contributed by atoms with Crippen LogP contribution in [-0.2, 0) is 6.54 Å². The lowest BCUT2D eigenvalue weighted by molar-refractivity contribution is 0.646. The molecular weight excluding hydrogens is 212 g/mol. The normalized spacial score (nSPS) is 16.1. The number of anilines is 1. The maximum Gasteiger partial charge on any atom is 0.202 e. The second kappa shape index (κ2) is 3.10. The van der Waals surface area contributed by atoms with E-state index in [1.165, 1.54) is 12.8 Å². The molecule has 3 rings (SSSR count). The third-order valence-corrected chi connectivity index (χ3v) is 2.93. The quantitative estimate of drug-likeness (QED) is 0.847. The number of nitrogens with two attached hydrogens (primary N) is 1. The summed E-state index contributed by atoms with van der Waals surface area (Å²) in [5, 5.41) is 0.596. The zero-order valence-electron chi connectivity index (χ0n) is 8.15. The zero-order chi connectivity index (χ0) is 10.4. The van der Waals surface area contributed by atoms with Crippen LogP contribution in [0.1, 0.15) is 12.8 Å². The summed E-state index contributed by atoms with van der Waals surface area (Å²) in [6.07, 6.45) is 4.20. The molecule has 4 nitrogen and oxygen atoms in total. The second-order valence-corrected chi connectivity index (χ2v) is 4.46. The predicted molar refractivity (Wildman–Crippen MR) is 59.7 cm³/mol. The molecular formula is C10H11ClN4. The molecule has 2 aromatic rings. The van der Waals surface area contributed by atoms with Crippen LogP contribution >= 0.6 is 11.6 Å². The van der Waals surface area contributed by atoms with Gasteiger partial charge in [-0.25, -0.2) is 9.97 Å². The Bertz CT molecular complexity index is 515. The molecule has 0 bridgehead atoms. The smallest absolute Gasteiger partial charge is 0.202 e. The molecule has 0 amide bonds. The number of nitrogen functional groups attached to an aromatic ring is 1. The molecule has 0 saturated heterocycles. The van der Waals surface area contributed by atoms with E-state index in [9.17, 15) is 0 Å². The van der Waals surface area contributed by atoms with Crippen molar-refractivity contribution in [3.63, 3.8) is 0 Å². The number of imidazole rings is 1. The molecule has 2 N–H and O–H groups in total. The highest BCUT2D eigenvalue weighted by atomic mass is 35.5. The molecule has 15 heavy (non-hydrogen) atoms. The lowest BCUT2D eigenvalue weighted by Gasteiger charge is -2.03. The topological polar surface area (TPSA) is 56.7 Å². The molecule has 0 aromatic carbocycles. The van der Waals surface area contributed by atoms with Crippen LogP contribution in [0.3, 0.4) is 0 Å². The standard InChI is InChI=1S/C10H11ClN4/c11-7-3-8-9(13-4-7)15(10(12)14-8)5-6-1-2-6/h3-4,6H,1-2,5H2,(H2,12,14). The molecule has 0 spiro atoms. The molecule has 0 unspecified atom stereocenters. The summed E-state index contributed by atoms with van der Waals surface area (Å²) in [6.45, 7) is 0.928. The van der Waals surface area contributed by atoms with Gasteiger partial charge in [0.15, 0.2) is 5.65 Å². The van der Waals surface area contributed by atoms with E-state index in [0.717, 1.165) is 23.6 Å². The number of pyridine rings is 1. The Kier molecular flexibility index (Phi) is 1.85. The Balaban J connectivity index is 2.13. The Hall–Kier alpha value is -1.29. The largest absolute Gasteiger partial charge is 0.369 e. The molecule has 78 valence electrons. The maximum absolute atomic E-state index is 5.85. The Labute approximate surface area is 92.1 Å². The molecule has 1 aliphatic carbocycles. The summed E-state index contributed by atoms with van der Waals surface area (Å²) in [4.78, 5) is 8.52. The third-order valence-electron chi connectivity index (χ3n) is 2.72. The number of halogens is 1. The van der Waals surface area contributed by atoms with Gasteiger partial charge in [0.05, 0.1) is 5.02 Å². The summed E-state index contributed by atoms with van der Waals surface area (Å²) in [5.74, 6) is 1.29. The number of aromatic nitrogens is 3. The molecule has 2 aromatic heterocycles. The van der Waals surface area contributed by atoms with Crippen molar-refractivity contribution in [3.05, 3.63) is 17.3 Å². The van der Waals surface area contributed by atoms with Gasteiger partial charge >= 0.3 is 0 Å². The van der Waals surface area contributed by atoms with Crippen molar-refractivity contribution in [2.75, 3.05) is 5.73 Å². The fraction of sp³-hybridized carbons (Fsp3) is 0.400. The third kappa shape index (κ3) is 1.55. The second-order valence-electron chi connectivity index (χ2n) is 4.02. The SMILES string of the molecule is Nc1nc2cc(Cl)cnc2n1CC1CC1. The Morgan fingerprint density at radius 1 is 1.53 bits per heavy atom. The van der Waals surface area contributed by atoms with Crippen LogP contribution in [0.5, 0.6) is 0 Å². The van der Waals surface area contributed by atoms with Gasteiger partial charge in [0.25, 0.3) is 0 Å². The minimum Gasteiger partial charge on any atom is -0.369 e. The summed E-state index contributed by atoms with van der Waals surface area (Å²) in [5.41, 5.74) is 7.46. The van der Waals surface area contributed by atoms with Gasteiger partial charge in [-0.2, -0.15) is 0 Å². The molecule has 2 heterocycles. The first kappa shape index (κ1) is 8.97. The molecule has 0 aliphatic heterocycles. The molecule has 1 aliphatic rings. The molecule has 0 atom stereocenters. The minimum atomic E-state index is 0.534. The Morgan fingerprint density at radius 3 is 3.07 bits per heavy atom. The van der Waals surface area contributed by atoms with E-state index in [1.807, 2.05) is 4.57 Å². The highest BCUT2D eigenvalue weighted by Crippen LogP contribution is 2.32. The average Bonchev–Trinajstić information content (AvgIpc) is 2.93. The molecule has 0 radical (unpaired) electrons. The fourth-order valence-electron chi connectivity index (χ4n) is 1.74. The zero-order valence-corrected chi connectivity index (χ0v) is 8.91. The van der Waals surface area contributed by atoms with Crippen LogP contribution in [-0.4, -0.2) is 14.5 Å². The lowest BCUT2D eigenvalue weighted by atomic mass is 10.4. The molecule has 1 fully saturated rings. The van der Waals surface area contributed by atoms with Crippen LogP contribution in [0.2, 0.25) is 5.02 Å². The summed E-state index contributed by atoms with van der Waals surface area (Å²) in [6, 6.07) is 1.80. The van der Waals surface area contributed by atoms with Gasteiger partial charge < -0.3 is 5.73 Å². The highest BCUT2D eigenvalue weighted by Gasteiger charge is 2.24. The van der Waals surface area contributed by atoms with Crippen molar-refractivity contribution in [2.24, 2.45) is 5.92 Å². The van der Waals surface area contributed by atoms with E-state index >= 15 is 0 Å². The monoisotopic (exact) mass is 222 g/mol. The first-order valence-corrected chi connectivity index (χ1v) is 5.39. The van der Waals surface area contributed by atoms with E-state index in [-0.39, 0.29) is 0 Å². The van der Waals surface area contributed by atoms with E-state index in [2.05, 4.69) is 9.97 Å². The van der Waals surface area contributed by atoms with E-state index in [4.69, 9.17) is 17.3 Å². The fourth-order valence-corrected chi connectivity index (χ4v) is 1.89. The van der Waals surface area contributed by atoms with Crippen molar-refractivity contribution in [3.8, 4) is 0 Å². The van der Waals surface area contributed by atoms with Crippen LogP contribution in [0.25, 0.3) is 11.2 Å². The van der Waals surface area contributed by atoms with Crippen molar-refractivity contribution < 1.29 is 0 Å². The Morgan fingerprint density at radius 2 is 2.33 bits per heavy atom. The molecule has 1 saturated carbocycles. The van der Waals surface area contributed by atoms with Crippen LogP contribution in [0, 0.1) is 5.92 Å². The predicted octanol–water partition coefficient (Wildman–Crippen LogP) is 2.08. The van der Waals surface area contributed by atoms with Crippen molar-refractivity contribution >= 4 is 28.7 Å². The van der Waals surface area contributed by atoms with Gasteiger partial charge in [-0.15, -0.1) is 0 Å². The van der Waals surface area contributed by atoms with E-state index < -0.39 is 0 Å². The van der Waals surface area contributed by atoms with Gasteiger partial charge in [0.2, 0.25) is 5.95 Å². The van der Waals surface area contributed by atoms with Crippen LogP contribution in [0.4, 0.5) is 5.95 Å². The highest BCUT2D eigenvalue weighted by molar-refractivity contribution is 6.31. The first-order valence-electron chi connectivity index (χ1n) is 5.01. The van der Waals surface area contributed by atoms with Crippen molar-refractivity contribution in [2.45, 2.75) is 19.4 Å². The van der Waals surface area contributed by atoms with Crippen molar-refractivity contribution in [1.82, 2.24) is 14.5 Å². The number of hydrogen-bond acceptors (Lipinski definition) is 3. The van der Waals surface area contributed by atoms with Gasteiger partial charge in [-0.05, 0) is 24.8 Å². The number of hydrogen-bond donors (Lipinski definition) is 1. The summed E-state index contributed by atoms with van der Waals surface area (Å²) >= 11 is 5.85. The van der Waals surface area contributed by atoms with E-state index in [0.29, 0.717) is 11.0 Å². The molecule has 5 heteroatoms. The number of fused-ring (bicyclic) bond motifs is 1. The number of nitrogens with zero attached hydrogens (tertiary/aromatic N) is 3. The van der Waals surface area contributed by atoms with Crippen LogP contribution < -0.4 is 5.73 Å². The summed E-state index contributed by atoms with van der Waals surface area (Å²) in [7, 11) is 0. The lowest BCUT2D eigenvalue weighted by Crippen LogP contribution is -2.05. The average molecular weight is 223 g/mol. The minimum absolute atomic E-state index is 0.534. The van der Waals surface area contributed by atoms with E-state index in [1.54, 1.807) is 12.3 Å². The van der Waals surface area contributed by atoms with Gasteiger partial charge in [-0.1, -0.05) is 11.6 Å². The van der Waals surface area contributed by atoms with Crippen LogP contribution in [0.15, 0.2) is 12.3 Å². The van der Waals surface area contributed by atoms with Gasteiger partial charge in [0.1, 0.15) is 5.52 Å². The van der Waals surface area contributed by atoms with Gasteiger partial charge in [0, 0.05) is 12.7 Å². The summed E-state index contributed by atoms with van der Waals surface area (Å²) < 4.78 is 1.98. The maximum atomic E-state index is 5.85. The van der Waals surface area contributed by atoms with Gasteiger partial charge in [-0.3, -0.25) is 4.57 Å². The van der Waals surface area contributed by atoms with Crippen molar-refractivity contribution in [1.29, 1.82) is 0 Å².